The fourth-order valence-corrected chi connectivity index (χ4v) is 7.22. The van der Waals surface area contributed by atoms with Crippen LogP contribution in [-0.4, -0.2) is 98.7 Å². The maximum atomic E-state index is 13.0. The van der Waals surface area contributed by atoms with E-state index in [2.05, 4.69) is 31.3 Å². The molecule has 0 aliphatic carbocycles. The zero-order valence-electron chi connectivity index (χ0n) is 34.6. The highest BCUT2D eigenvalue weighted by atomic mass is 16.7. The highest BCUT2D eigenvalue weighted by molar-refractivity contribution is 5.80. The number of carbonyl (C=O) groups is 1. The molecule has 0 spiro atoms. The van der Waals surface area contributed by atoms with Gasteiger partial charge in [-0.15, -0.1) is 0 Å². The molecule has 0 aromatic carbocycles. The number of allylic oxidation sites excluding steroid dienone is 2. The maximum absolute atomic E-state index is 13.0. The van der Waals surface area contributed by atoms with E-state index in [9.17, 15) is 35.4 Å². The van der Waals surface area contributed by atoms with E-state index < -0.39 is 61.5 Å². The van der Waals surface area contributed by atoms with Crippen LogP contribution in [0.4, 0.5) is 0 Å². The van der Waals surface area contributed by atoms with E-state index in [0.29, 0.717) is 12.8 Å². The Morgan fingerprint density at radius 2 is 1.04 bits per heavy atom. The van der Waals surface area contributed by atoms with Gasteiger partial charge in [0.25, 0.3) is 0 Å². The molecule has 8 unspecified atom stereocenters. The molecule has 54 heavy (non-hydrogen) atoms. The van der Waals surface area contributed by atoms with Gasteiger partial charge in [-0.05, 0) is 38.5 Å². The van der Waals surface area contributed by atoms with Crippen molar-refractivity contribution in [2.75, 3.05) is 13.2 Å². The first-order chi connectivity index (χ1) is 26.3. The quantitative estimate of drug-likeness (QED) is 0.0245. The Kier molecular flexibility index (Phi) is 33.1. The zero-order chi connectivity index (χ0) is 39.7. The summed E-state index contributed by atoms with van der Waals surface area (Å²) < 4.78 is 11.2. The van der Waals surface area contributed by atoms with Crippen molar-refractivity contribution in [2.45, 2.75) is 249 Å². The molecule has 10 heteroatoms. The van der Waals surface area contributed by atoms with E-state index in [-0.39, 0.29) is 6.61 Å². The average Bonchev–Trinajstić information content (AvgIpc) is 3.17. The first-order valence-corrected chi connectivity index (χ1v) is 22.5. The lowest BCUT2D eigenvalue weighted by Gasteiger charge is -2.40. The summed E-state index contributed by atoms with van der Waals surface area (Å²) >= 11 is 0. The fraction of sp³-hybridized carbons (Fsp3) is 0.932. The standard InChI is InChI=1S/C44H85NO9/c1-3-5-7-9-11-13-15-17-18-19-21-23-25-27-29-31-33-38(48)43(52)45-36(35-53-44-42(51)41(50)40(49)39(34-46)54-44)37(47)32-30-28-26-24-22-20-16-14-12-10-8-6-4-2/h17-18,36-42,44,46-51H,3-16,19-35H2,1-2H3,(H,45,52)/b18-17-. The first-order valence-electron chi connectivity index (χ1n) is 22.5. The lowest BCUT2D eigenvalue weighted by Crippen LogP contribution is -2.60. The third-order valence-electron chi connectivity index (χ3n) is 11.0. The molecule has 1 amide bonds. The molecule has 0 aromatic heterocycles. The van der Waals surface area contributed by atoms with Crippen LogP contribution in [0.15, 0.2) is 12.2 Å². The highest BCUT2D eigenvalue weighted by Gasteiger charge is 2.44. The molecule has 1 saturated heterocycles. The normalized spacial score (nSPS) is 22.1. The van der Waals surface area contributed by atoms with Gasteiger partial charge in [-0.2, -0.15) is 0 Å². The Balaban J connectivity index is 2.41. The minimum atomic E-state index is -1.59. The van der Waals surface area contributed by atoms with Crippen LogP contribution in [0.3, 0.4) is 0 Å². The number of nitrogens with one attached hydrogen (secondary N) is 1. The molecule has 1 fully saturated rings. The van der Waals surface area contributed by atoms with Crippen molar-refractivity contribution in [2.24, 2.45) is 0 Å². The summed E-state index contributed by atoms with van der Waals surface area (Å²) in [6.45, 7) is 3.65. The van der Waals surface area contributed by atoms with Crippen molar-refractivity contribution in [1.82, 2.24) is 5.32 Å². The molecular formula is C44H85NO9. The molecule has 0 radical (unpaired) electrons. The van der Waals surface area contributed by atoms with Crippen molar-refractivity contribution in [3.63, 3.8) is 0 Å². The topological polar surface area (TPSA) is 169 Å². The lowest BCUT2D eigenvalue weighted by molar-refractivity contribution is -0.302. The third kappa shape index (κ3) is 25.2. The van der Waals surface area contributed by atoms with Crippen molar-refractivity contribution >= 4 is 5.91 Å². The van der Waals surface area contributed by atoms with Crippen molar-refractivity contribution < 1.29 is 44.9 Å². The molecule has 7 N–H and O–H groups in total. The summed E-state index contributed by atoms with van der Waals surface area (Å²) in [5, 5.41) is 64.7. The van der Waals surface area contributed by atoms with Gasteiger partial charge in [0.2, 0.25) is 5.91 Å². The van der Waals surface area contributed by atoms with Gasteiger partial charge in [0.1, 0.15) is 30.5 Å². The van der Waals surface area contributed by atoms with Crippen LogP contribution in [0.1, 0.15) is 200 Å². The van der Waals surface area contributed by atoms with Crippen LogP contribution < -0.4 is 5.32 Å². The second-order valence-electron chi connectivity index (χ2n) is 16.0. The van der Waals surface area contributed by atoms with Gasteiger partial charge in [0.15, 0.2) is 6.29 Å². The average molecular weight is 772 g/mol. The predicted octanol–water partition coefficient (Wildman–Crippen LogP) is 7.92. The Hall–Kier alpha value is -1.11. The maximum Gasteiger partial charge on any atom is 0.249 e. The number of carbonyl (C=O) groups excluding carboxylic acids is 1. The SMILES string of the molecule is CCCCCCCC/C=C\CCCCCCCCC(O)C(=O)NC(COC1OC(CO)C(O)C(O)C1O)C(O)CCCCCCCCCCCCCCC. The van der Waals surface area contributed by atoms with Crippen LogP contribution in [-0.2, 0) is 14.3 Å². The molecule has 1 rings (SSSR count). The van der Waals surface area contributed by atoms with Gasteiger partial charge in [0, 0.05) is 0 Å². The molecule has 10 nitrogen and oxygen atoms in total. The predicted molar refractivity (Wildman–Crippen MR) is 218 cm³/mol. The van der Waals surface area contributed by atoms with Crippen LogP contribution >= 0.6 is 0 Å². The number of aliphatic hydroxyl groups excluding tert-OH is 6. The molecule has 0 aromatic rings. The molecular weight excluding hydrogens is 686 g/mol. The summed E-state index contributed by atoms with van der Waals surface area (Å²) in [5.74, 6) is -0.588. The lowest BCUT2D eigenvalue weighted by atomic mass is 9.99. The summed E-state index contributed by atoms with van der Waals surface area (Å²) in [6, 6.07) is -0.892. The number of unbranched alkanes of at least 4 members (excludes halogenated alkanes) is 24. The number of hydrogen-bond acceptors (Lipinski definition) is 9. The third-order valence-corrected chi connectivity index (χ3v) is 11.0. The number of aliphatic hydroxyl groups is 6. The van der Waals surface area contributed by atoms with Crippen molar-refractivity contribution in [3.05, 3.63) is 12.2 Å². The fourth-order valence-electron chi connectivity index (χ4n) is 7.22. The summed E-state index contributed by atoms with van der Waals surface area (Å²) in [5.41, 5.74) is 0. The Morgan fingerprint density at radius 1 is 0.611 bits per heavy atom. The number of amides is 1. The smallest absolute Gasteiger partial charge is 0.249 e. The molecule has 1 heterocycles. The van der Waals surface area contributed by atoms with Crippen LogP contribution in [0, 0.1) is 0 Å². The number of hydrogen-bond donors (Lipinski definition) is 7. The Bertz CT molecular complexity index is 875. The molecule has 1 aliphatic heterocycles. The monoisotopic (exact) mass is 772 g/mol. The van der Waals surface area contributed by atoms with E-state index >= 15 is 0 Å². The second-order valence-corrected chi connectivity index (χ2v) is 16.0. The molecule has 8 atom stereocenters. The van der Waals surface area contributed by atoms with Gasteiger partial charge >= 0.3 is 0 Å². The van der Waals surface area contributed by atoms with E-state index in [1.165, 1.54) is 116 Å². The minimum absolute atomic E-state index is 0.255. The summed E-state index contributed by atoms with van der Waals surface area (Å²) in [6.07, 6.45) is 28.3. The van der Waals surface area contributed by atoms with Gasteiger partial charge in [-0.25, -0.2) is 0 Å². The molecule has 1 aliphatic rings. The Morgan fingerprint density at radius 3 is 1.50 bits per heavy atom. The zero-order valence-corrected chi connectivity index (χ0v) is 34.6. The van der Waals surface area contributed by atoms with E-state index in [1.54, 1.807) is 0 Å². The molecule has 320 valence electrons. The van der Waals surface area contributed by atoms with Crippen molar-refractivity contribution in [1.29, 1.82) is 0 Å². The first kappa shape index (κ1) is 50.9. The van der Waals surface area contributed by atoms with Gasteiger partial charge in [-0.1, -0.05) is 174 Å². The largest absolute Gasteiger partial charge is 0.394 e. The second kappa shape index (κ2) is 35.1. The van der Waals surface area contributed by atoms with Gasteiger partial charge < -0.3 is 45.4 Å². The number of rotatable bonds is 37. The van der Waals surface area contributed by atoms with Crippen molar-refractivity contribution in [3.8, 4) is 0 Å². The molecule has 0 saturated carbocycles. The summed E-state index contributed by atoms with van der Waals surface area (Å²) in [4.78, 5) is 13.0. The van der Waals surface area contributed by atoms with E-state index in [0.717, 1.165) is 57.8 Å². The number of ether oxygens (including phenoxy) is 2. The van der Waals surface area contributed by atoms with Crippen LogP contribution in [0.5, 0.6) is 0 Å². The van der Waals surface area contributed by atoms with Gasteiger partial charge in [-0.3, -0.25) is 4.79 Å². The minimum Gasteiger partial charge on any atom is -0.394 e. The summed E-state index contributed by atoms with van der Waals surface area (Å²) in [7, 11) is 0. The van der Waals surface area contributed by atoms with Gasteiger partial charge in [0.05, 0.1) is 25.4 Å². The van der Waals surface area contributed by atoms with Crippen LogP contribution in [0.2, 0.25) is 0 Å². The molecule has 0 bridgehead atoms. The van der Waals surface area contributed by atoms with Crippen LogP contribution in [0.25, 0.3) is 0 Å². The Labute approximate surface area is 329 Å². The van der Waals surface area contributed by atoms with E-state index in [1.807, 2.05) is 0 Å². The van der Waals surface area contributed by atoms with E-state index in [4.69, 9.17) is 9.47 Å². The highest BCUT2D eigenvalue weighted by Crippen LogP contribution is 2.23.